The molecule has 5 nitrogen and oxygen atoms in total. The third kappa shape index (κ3) is 3.79. The van der Waals surface area contributed by atoms with Gasteiger partial charge in [0.25, 0.3) is 0 Å². The van der Waals surface area contributed by atoms with Crippen molar-refractivity contribution in [3.63, 3.8) is 0 Å². The van der Waals surface area contributed by atoms with Crippen LogP contribution in [0.25, 0.3) is 5.70 Å². The van der Waals surface area contributed by atoms with Crippen molar-refractivity contribution in [3.05, 3.63) is 47.9 Å². The van der Waals surface area contributed by atoms with Gasteiger partial charge in [-0.25, -0.2) is 0 Å². The standard InChI is InChI=1S/C18H24N2O3/c1-20-10-7-17(21-2)18(19-20)15-5-3-4-6-16(15)23-13-14-8-11-22-12-9-14/h3-7,10,14,19H,8-9,11-13H2,1-2H3. The highest BCUT2D eigenvalue weighted by Gasteiger charge is 2.19. The first-order chi connectivity index (χ1) is 11.3. The predicted octanol–water partition coefficient (Wildman–Crippen LogP) is 2.77. The minimum Gasteiger partial charge on any atom is -0.494 e. The van der Waals surface area contributed by atoms with E-state index in [1.165, 1.54) is 0 Å². The molecule has 1 fully saturated rings. The van der Waals surface area contributed by atoms with Gasteiger partial charge in [0, 0.05) is 38.1 Å². The van der Waals surface area contributed by atoms with E-state index in [9.17, 15) is 0 Å². The fourth-order valence-electron chi connectivity index (χ4n) is 2.81. The van der Waals surface area contributed by atoms with E-state index in [4.69, 9.17) is 14.2 Å². The van der Waals surface area contributed by atoms with E-state index in [1.54, 1.807) is 7.11 Å². The van der Waals surface area contributed by atoms with Gasteiger partial charge in [-0.15, -0.1) is 0 Å². The highest BCUT2D eigenvalue weighted by Crippen LogP contribution is 2.30. The number of para-hydroxylation sites is 1. The van der Waals surface area contributed by atoms with Crippen molar-refractivity contribution in [2.75, 3.05) is 34.0 Å². The Morgan fingerprint density at radius 3 is 2.83 bits per heavy atom. The Morgan fingerprint density at radius 1 is 1.26 bits per heavy atom. The molecule has 2 aliphatic rings. The van der Waals surface area contributed by atoms with Crippen LogP contribution >= 0.6 is 0 Å². The lowest BCUT2D eigenvalue weighted by molar-refractivity contribution is 0.0497. The summed E-state index contributed by atoms with van der Waals surface area (Å²) in [5.41, 5.74) is 5.24. The monoisotopic (exact) mass is 316 g/mol. The molecule has 0 unspecified atom stereocenters. The molecule has 1 aromatic carbocycles. The molecule has 5 heteroatoms. The van der Waals surface area contributed by atoms with E-state index in [1.807, 2.05) is 48.6 Å². The maximum atomic E-state index is 6.13. The largest absolute Gasteiger partial charge is 0.494 e. The van der Waals surface area contributed by atoms with Crippen LogP contribution in [0, 0.1) is 5.92 Å². The van der Waals surface area contributed by atoms with Crippen LogP contribution in [0.2, 0.25) is 0 Å². The minimum atomic E-state index is 0.564. The SMILES string of the molecule is COC1=C(c2ccccc2OCC2CCOCC2)NN(C)C=C1. The minimum absolute atomic E-state index is 0.564. The van der Waals surface area contributed by atoms with Gasteiger partial charge in [-0.3, -0.25) is 10.4 Å². The first-order valence-electron chi connectivity index (χ1n) is 8.04. The fraction of sp³-hybridized carbons (Fsp3) is 0.444. The van der Waals surface area contributed by atoms with Crippen molar-refractivity contribution in [1.29, 1.82) is 0 Å². The van der Waals surface area contributed by atoms with Crippen LogP contribution in [0.15, 0.2) is 42.3 Å². The predicted molar refractivity (Wildman–Crippen MR) is 89.4 cm³/mol. The van der Waals surface area contributed by atoms with Crippen LogP contribution in [-0.4, -0.2) is 39.0 Å². The van der Waals surface area contributed by atoms with Crippen molar-refractivity contribution in [2.24, 2.45) is 5.92 Å². The highest BCUT2D eigenvalue weighted by molar-refractivity contribution is 5.72. The molecule has 0 atom stereocenters. The smallest absolute Gasteiger partial charge is 0.146 e. The summed E-state index contributed by atoms with van der Waals surface area (Å²) in [5.74, 6) is 2.24. The maximum absolute atomic E-state index is 6.13. The van der Waals surface area contributed by atoms with Crippen LogP contribution in [0.1, 0.15) is 18.4 Å². The normalized spacial score (nSPS) is 18.8. The van der Waals surface area contributed by atoms with E-state index in [0.29, 0.717) is 5.92 Å². The maximum Gasteiger partial charge on any atom is 0.146 e. The van der Waals surface area contributed by atoms with Crippen molar-refractivity contribution in [3.8, 4) is 5.75 Å². The third-order valence-electron chi connectivity index (χ3n) is 4.18. The number of benzene rings is 1. The topological polar surface area (TPSA) is 43.0 Å². The molecule has 1 aromatic rings. The summed E-state index contributed by atoms with van der Waals surface area (Å²) in [7, 11) is 3.63. The second-order valence-corrected chi connectivity index (χ2v) is 5.84. The van der Waals surface area contributed by atoms with Gasteiger partial charge in [-0.2, -0.15) is 0 Å². The Balaban J connectivity index is 1.79. The highest BCUT2D eigenvalue weighted by atomic mass is 16.5. The second kappa shape index (κ2) is 7.42. The molecule has 0 amide bonds. The zero-order valence-corrected chi connectivity index (χ0v) is 13.7. The van der Waals surface area contributed by atoms with E-state index in [2.05, 4.69) is 5.43 Å². The van der Waals surface area contributed by atoms with E-state index >= 15 is 0 Å². The molecule has 23 heavy (non-hydrogen) atoms. The molecule has 2 aliphatic heterocycles. The molecule has 0 aliphatic carbocycles. The molecule has 1 N–H and O–H groups in total. The number of ether oxygens (including phenoxy) is 3. The lowest BCUT2D eigenvalue weighted by atomic mass is 10.0. The lowest BCUT2D eigenvalue weighted by Crippen LogP contribution is -2.32. The van der Waals surface area contributed by atoms with Crippen LogP contribution < -0.4 is 10.2 Å². The van der Waals surface area contributed by atoms with Crippen molar-refractivity contribution < 1.29 is 14.2 Å². The summed E-state index contributed by atoms with van der Waals surface area (Å²) < 4.78 is 17.0. The quantitative estimate of drug-likeness (QED) is 0.905. The summed E-state index contributed by atoms with van der Waals surface area (Å²) in [4.78, 5) is 0. The molecular formula is C18H24N2O3. The van der Waals surface area contributed by atoms with Gasteiger partial charge in [0.2, 0.25) is 0 Å². The molecule has 0 bridgehead atoms. The summed E-state index contributed by atoms with van der Waals surface area (Å²) in [6.45, 7) is 2.40. The Kier molecular flexibility index (Phi) is 5.08. The Labute approximate surface area is 137 Å². The van der Waals surface area contributed by atoms with E-state index in [0.717, 1.165) is 55.4 Å². The van der Waals surface area contributed by atoms with Gasteiger partial charge in [-0.1, -0.05) is 12.1 Å². The van der Waals surface area contributed by atoms with Gasteiger partial charge in [0.15, 0.2) is 0 Å². The van der Waals surface area contributed by atoms with Gasteiger partial charge >= 0.3 is 0 Å². The molecule has 0 aromatic heterocycles. The van der Waals surface area contributed by atoms with Crippen LogP contribution in [0.4, 0.5) is 0 Å². The zero-order chi connectivity index (χ0) is 16.1. The van der Waals surface area contributed by atoms with E-state index < -0.39 is 0 Å². The van der Waals surface area contributed by atoms with Gasteiger partial charge < -0.3 is 14.2 Å². The van der Waals surface area contributed by atoms with Gasteiger partial charge in [0.1, 0.15) is 17.2 Å². The molecule has 0 saturated carbocycles. The van der Waals surface area contributed by atoms with Crippen molar-refractivity contribution in [2.45, 2.75) is 12.8 Å². The van der Waals surface area contributed by atoms with Crippen molar-refractivity contribution in [1.82, 2.24) is 10.4 Å². The fourth-order valence-corrected chi connectivity index (χ4v) is 2.81. The molecule has 124 valence electrons. The summed E-state index contributed by atoms with van der Waals surface area (Å²) in [6.07, 6.45) is 6.00. The molecule has 3 rings (SSSR count). The summed E-state index contributed by atoms with van der Waals surface area (Å²) in [6, 6.07) is 8.07. The number of hydrazine groups is 1. The molecule has 1 saturated heterocycles. The van der Waals surface area contributed by atoms with Crippen molar-refractivity contribution >= 4 is 5.70 Å². The van der Waals surface area contributed by atoms with Gasteiger partial charge in [0.05, 0.1) is 13.7 Å². The number of hydrogen-bond donors (Lipinski definition) is 1. The number of allylic oxidation sites excluding steroid dienone is 1. The number of methoxy groups -OCH3 is 1. The summed E-state index contributed by atoms with van der Waals surface area (Å²) >= 11 is 0. The molecule has 2 heterocycles. The average Bonchev–Trinajstić information content (AvgIpc) is 2.61. The zero-order valence-electron chi connectivity index (χ0n) is 13.7. The Morgan fingerprint density at radius 2 is 2.04 bits per heavy atom. The van der Waals surface area contributed by atoms with Crippen LogP contribution in [0.5, 0.6) is 5.75 Å². The number of hydrogen-bond acceptors (Lipinski definition) is 5. The first-order valence-corrected chi connectivity index (χ1v) is 8.04. The van der Waals surface area contributed by atoms with Crippen LogP contribution in [-0.2, 0) is 9.47 Å². The first kappa shape index (κ1) is 15.7. The number of nitrogens with one attached hydrogen (secondary N) is 1. The Hall–Kier alpha value is -2.14. The number of nitrogens with zero attached hydrogens (tertiary/aromatic N) is 1. The second-order valence-electron chi connectivity index (χ2n) is 5.84. The molecule has 0 spiro atoms. The third-order valence-corrected chi connectivity index (χ3v) is 4.18. The number of rotatable bonds is 5. The summed E-state index contributed by atoms with van der Waals surface area (Å²) in [5, 5.41) is 1.90. The van der Waals surface area contributed by atoms with E-state index in [-0.39, 0.29) is 0 Å². The molecular weight excluding hydrogens is 292 g/mol. The lowest BCUT2D eigenvalue weighted by Gasteiger charge is -2.27. The molecule has 0 radical (unpaired) electrons. The van der Waals surface area contributed by atoms with Gasteiger partial charge in [-0.05, 0) is 30.9 Å². The average molecular weight is 316 g/mol. The Bertz CT molecular complexity index is 592. The van der Waals surface area contributed by atoms with Crippen LogP contribution in [0.3, 0.4) is 0 Å².